The van der Waals surface area contributed by atoms with Crippen LogP contribution in [0.1, 0.15) is 12.0 Å². The van der Waals surface area contributed by atoms with E-state index in [2.05, 4.69) is 5.32 Å². The zero-order chi connectivity index (χ0) is 17.2. The number of rotatable bonds is 9. The Balaban J connectivity index is 1.58. The highest BCUT2D eigenvalue weighted by molar-refractivity contribution is 5.77. The number of hydrogen-bond acceptors (Lipinski definition) is 3. The topological polar surface area (TPSA) is 41.6 Å². The molecule has 0 aliphatic heterocycles. The average Bonchev–Trinajstić information content (AvgIpc) is 2.59. The molecule has 0 aliphatic carbocycles. The number of nitrogens with one attached hydrogen (secondary N) is 1. The summed E-state index contributed by atoms with van der Waals surface area (Å²) in [6.07, 6.45) is 0.844. The van der Waals surface area contributed by atoms with E-state index < -0.39 is 0 Å². The van der Waals surface area contributed by atoms with Gasteiger partial charge in [0.25, 0.3) is 0 Å². The Kier molecular flexibility index (Phi) is 7.23. The SMILES string of the molecule is CN(CCCOc1ccccc1)CC(=O)NCc1ccc(F)cc1. The maximum absolute atomic E-state index is 12.8. The van der Waals surface area contributed by atoms with Crippen molar-refractivity contribution in [3.8, 4) is 5.75 Å². The Morgan fingerprint density at radius 3 is 2.54 bits per heavy atom. The van der Waals surface area contributed by atoms with Crippen LogP contribution in [-0.2, 0) is 11.3 Å². The number of carbonyl (C=O) groups is 1. The number of amides is 1. The second kappa shape index (κ2) is 9.67. The van der Waals surface area contributed by atoms with Crippen molar-refractivity contribution in [2.45, 2.75) is 13.0 Å². The molecule has 2 aromatic rings. The number of hydrogen-bond donors (Lipinski definition) is 1. The standard InChI is InChI=1S/C19H23FN2O2/c1-22(12-5-13-24-18-6-3-2-4-7-18)15-19(23)21-14-16-8-10-17(20)11-9-16/h2-4,6-11H,5,12-15H2,1H3,(H,21,23). The molecule has 2 rings (SSSR count). The van der Waals surface area contributed by atoms with Crippen molar-refractivity contribution >= 4 is 5.91 Å². The summed E-state index contributed by atoms with van der Waals surface area (Å²) in [5, 5.41) is 2.83. The third-order valence-corrected chi connectivity index (χ3v) is 3.51. The molecule has 0 aliphatic rings. The minimum atomic E-state index is -0.275. The van der Waals surface area contributed by atoms with Gasteiger partial charge in [0.2, 0.25) is 5.91 Å². The van der Waals surface area contributed by atoms with Gasteiger partial charge in [0.05, 0.1) is 13.2 Å². The molecule has 0 fully saturated rings. The molecule has 0 aromatic heterocycles. The van der Waals surface area contributed by atoms with Crippen molar-refractivity contribution in [3.05, 3.63) is 66.0 Å². The lowest BCUT2D eigenvalue weighted by molar-refractivity contribution is -0.122. The Morgan fingerprint density at radius 1 is 1.12 bits per heavy atom. The number of likely N-dealkylation sites (N-methyl/N-ethyl adjacent to an activating group) is 1. The van der Waals surface area contributed by atoms with E-state index in [1.165, 1.54) is 12.1 Å². The van der Waals surface area contributed by atoms with Gasteiger partial charge >= 0.3 is 0 Å². The van der Waals surface area contributed by atoms with E-state index in [1.807, 2.05) is 42.3 Å². The number of halogens is 1. The van der Waals surface area contributed by atoms with E-state index in [0.717, 1.165) is 24.3 Å². The predicted molar refractivity (Wildman–Crippen MR) is 92.3 cm³/mol. The van der Waals surface area contributed by atoms with Crippen LogP contribution in [0.5, 0.6) is 5.75 Å². The maximum Gasteiger partial charge on any atom is 0.234 e. The predicted octanol–water partition coefficient (Wildman–Crippen LogP) is 2.84. The van der Waals surface area contributed by atoms with Crippen LogP contribution in [0.3, 0.4) is 0 Å². The molecule has 0 heterocycles. The molecule has 2 aromatic carbocycles. The van der Waals surface area contributed by atoms with Crippen LogP contribution in [0.4, 0.5) is 4.39 Å². The first-order valence-corrected chi connectivity index (χ1v) is 8.01. The molecule has 0 radical (unpaired) electrons. The van der Waals surface area contributed by atoms with Gasteiger partial charge in [-0.25, -0.2) is 4.39 Å². The molecule has 0 saturated heterocycles. The Bertz CT molecular complexity index is 617. The van der Waals surface area contributed by atoms with Crippen LogP contribution in [-0.4, -0.2) is 37.6 Å². The zero-order valence-corrected chi connectivity index (χ0v) is 13.9. The molecular weight excluding hydrogens is 307 g/mol. The normalized spacial score (nSPS) is 10.6. The molecule has 1 amide bonds. The van der Waals surface area contributed by atoms with Crippen LogP contribution < -0.4 is 10.1 Å². The molecule has 128 valence electrons. The van der Waals surface area contributed by atoms with Crippen LogP contribution in [0.2, 0.25) is 0 Å². The number of nitrogens with zero attached hydrogens (tertiary/aromatic N) is 1. The van der Waals surface area contributed by atoms with Gasteiger partial charge in [-0.2, -0.15) is 0 Å². The van der Waals surface area contributed by atoms with E-state index in [1.54, 1.807) is 12.1 Å². The van der Waals surface area contributed by atoms with Gasteiger partial charge in [-0.05, 0) is 43.3 Å². The highest BCUT2D eigenvalue weighted by Gasteiger charge is 2.06. The zero-order valence-electron chi connectivity index (χ0n) is 13.9. The van der Waals surface area contributed by atoms with Crippen molar-refractivity contribution in [1.29, 1.82) is 0 Å². The van der Waals surface area contributed by atoms with Crippen LogP contribution in [0, 0.1) is 5.82 Å². The van der Waals surface area contributed by atoms with Gasteiger partial charge in [0.1, 0.15) is 11.6 Å². The van der Waals surface area contributed by atoms with Gasteiger partial charge in [0.15, 0.2) is 0 Å². The van der Waals surface area contributed by atoms with E-state index >= 15 is 0 Å². The number of benzene rings is 2. The van der Waals surface area contributed by atoms with Crippen molar-refractivity contribution in [1.82, 2.24) is 10.2 Å². The molecule has 4 nitrogen and oxygen atoms in total. The molecule has 0 atom stereocenters. The summed E-state index contributed by atoms with van der Waals surface area (Å²) in [5.41, 5.74) is 0.878. The second-order valence-corrected chi connectivity index (χ2v) is 5.66. The molecule has 0 unspecified atom stereocenters. The molecule has 0 bridgehead atoms. The number of carbonyl (C=O) groups excluding carboxylic acids is 1. The first-order chi connectivity index (χ1) is 11.6. The lowest BCUT2D eigenvalue weighted by Crippen LogP contribution is -2.35. The first-order valence-electron chi connectivity index (χ1n) is 8.01. The van der Waals surface area contributed by atoms with Gasteiger partial charge in [-0.3, -0.25) is 9.69 Å². The summed E-state index contributed by atoms with van der Waals surface area (Å²) >= 11 is 0. The fourth-order valence-electron chi connectivity index (χ4n) is 2.22. The Morgan fingerprint density at radius 2 is 1.83 bits per heavy atom. The fraction of sp³-hybridized carbons (Fsp3) is 0.316. The molecular formula is C19H23FN2O2. The third kappa shape index (κ3) is 6.79. The van der Waals surface area contributed by atoms with Gasteiger partial charge in [-0.1, -0.05) is 30.3 Å². The van der Waals surface area contributed by atoms with Gasteiger partial charge in [-0.15, -0.1) is 0 Å². The summed E-state index contributed by atoms with van der Waals surface area (Å²) in [6, 6.07) is 15.8. The van der Waals surface area contributed by atoms with Crippen LogP contribution >= 0.6 is 0 Å². The van der Waals surface area contributed by atoms with E-state index in [-0.39, 0.29) is 11.7 Å². The minimum Gasteiger partial charge on any atom is -0.494 e. The molecule has 0 spiro atoms. The summed E-state index contributed by atoms with van der Waals surface area (Å²) in [5.74, 6) is 0.533. The smallest absolute Gasteiger partial charge is 0.234 e. The highest BCUT2D eigenvalue weighted by Crippen LogP contribution is 2.08. The van der Waals surface area contributed by atoms with Gasteiger partial charge in [0, 0.05) is 13.1 Å². The first kappa shape index (κ1) is 17.9. The molecule has 1 N–H and O–H groups in total. The number of ether oxygens (including phenoxy) is 1. The Hall–Kier alpha value is -2.40. The van der Waals surface area contributed by atoms with E-state index in [0.29, 0.717) is 19.7 Å². The molecule has 0 saturated carbocycles. The largest absolute Gasteiger partial charge is 0.494 e. The van der Waals surface area contributed by atoms with Crippen molar-refractivity contribution < 1.29 is 13.9 Å². The highest BCUT2D eigenvalue weighted by atomic mass is 19.1. The van der Waals surface area contributed by atoms with Gasteiger partial charge < -0.3 is 10.1 Å². The summed E-state index contributed by atoms with van der Waals surface area (Å²) in [4.78, 5) is 13.8. The minimum absolute atomic E-state index is 0.0502. The van der Waals surface area contributed by atoms with Crippen LogP contribution in [0.25, 0.3) is 0 Å². The third-order valence-electron chi connectivity index (χ3n) is 3.51. The average molecular weight is 330 g/mol. The summed E-state index contributed by atoms with van der Waals surface area (Å²) in [6.45, 7) is 2.12. The summed E-state index contributed by atoms with van der Waals surface area (Å²) < 4.78 is 18.4. The van der Waals surface area contributed by atoms with Crippen LogP contribution in [0.15, 0.2) is 54.6 Å². The number of para-hydroxylation sites is 1. The van der Waals surface area contributed by atoms with E-state index in [4.69, 9.17) is 4.74 Å². The van der Waals surface area contributed by atoms with Crippen molar-refractivity contribution in [2.24, 2.45) is 0 Å². The lowest BCUT2D eigenvalue weighted by Gasteiger charge is -2.16. The maximum atomic E-state index is 12.8. The monoisotopic (exact) mass is 330 g/mol. The summed E-state index contributed by atoms with van der Waals surface area (Å²) in [7, 11) is 1.90. The van der Waals surface area contributed by atoms with E-state index in [9.17, 15) is 9.18 Å². The quantitative estimate of drug-likeness (QED) is 0.719. The van der Waals surface area contributed by atoms with Crippen molar-refractivity contribution in [2.75, 3.05) is 26.7 Å². The fourth-order valence-corrected chi connectivity index (χ4v) is 2.22. The molecule has 5 heteroatoms. The second-order valence-electron chi connectivity index (χ2n) is 5.66. The Labute approximate surface area is 142 Å². The van der Waals surface area contributed by atoms with Crippen molar-refractivity contribution in [3.63, 3.8) is 0 Å². The molecule has 24 heavy (non-hydrogen) atoms. The lowest BCUT2D eigenvalue weighted by atomic mass is 10.2.